The van der Waals surface area contributed by atoms with Crippen molar-refractivity contribution in [2.24, 2.45) is 0 Å². The first-order valence-corrected chi connectivity index (χ1v) is 9.49. The van der Waals surface area contributed by atoms with Crippen molar-refractivity contribution in [3.63, 3.8) is 0 Å². The molecule has 2 aromatic carbocycles. The first kappa shape index (κ1) is 15.2. The molecular formula is C22H25N3. The highest BCUT2D eigenvalue weighted by Crippen LogP contribution is 2.39. The van der Waals surface area contributed by atoms with Crippen LogP contribution in [0.3, 0.4) is 0 Å². The van der Waals surface area contributed by atoms with E-state index in [2.05, 4.69) is 69.8 Å². The van der Waals surface area contributed by atoms with E-state index in [1.165, 1.54) is 54.5 Å². The average molecular weight is 331 g/mol. The van der Waals surface area contributed by atoms with Gasteiger partial charge in [-0.25, -0.2) is 0 Å². The molecule has 2 N–H and O–H groups in total. The third-order valence-electron chi connectivity index (χ3n) is 5.98. The van der Waals surface area contributed by atoms with Crippen LogP contribution in [0.25, 0.3) is 10.9 Å². The van der Waals surface area contributed by atoms with Crippen molar-refractivity contribution in [1.82, 2.24) is 15.2 Å². The Kier molecular flexibility index (Phi) is 3.84. The van der Waals surface area contributed by atoms with Crippen LogP contribution in [0.4, 0.5) is 0 Å². The van der Waals surface area contributed by atoms with Gasteiger partial charge in [-0.2, -0.15) is 0 Å². The lowest BCUT2D eigenvalue weighted by Gasteiger charge is -2.42. The minimum absolute atomic E-state index is 0.540. The molecule has 1 fully saturated rings. The number of rotatable bonds is 3. The number of nitrogens with zero attached hydrogens (tertiary/aromatic N) is 1. The molecule has 5 rings (SSSR count). The van der Waals surface area contributed by atoms with E-state index in [4.69, 9.17) is 0 Å². The number of hydrogen-bond donors (Lipinski definition) is 2. The highest BCUT2D eigenvalue weighted by Gasteiger charge is 2.35. The summed E-state index contributed by atoms with van der Waals surface area (Å²) < 4.78 is 0. The fraction of sp³-hybridized carbons (Fsp3) is 0.364. The molecule has 2 aliphatic heterocycles. The molecule has 1 saturated heterocycles. The first-order chi connectivity index (χ1) is 12.4. The van der Waals surface area contributed by atoms with Gasteiger partial charge in [-0.1, -0.05) is 48.5 Å². The quantitative estimate of drug-likeness (QED) is 0.759. The van der Waals surface area contributed by atoms with Crippen molar-refractivity contribution in [1.29, 1.82) is 0 Å². The number of aromatic amines is 1. The summed E-state index contributed by atoms with van der Waals surface area (Å²) in [4.78, 5) is 6.42. The zero-order valence-corrected chi connectivity index (χ0v) is 14.5. The molecule has 0 radical (unpaired) electrons. The van der Waals surface area contributed by atoms with Crippen molar-refractivity contribution in [2.75, 3.05) is 13.1 Å². The second-order valence-corrected chi connectivity index (χ2v) is 7.45. The number of benzene rings is 2. The number of H-pyrrole nitrogens is 1. The zero-order valence-electron chi connectivity index (χ0n) is 14.5. The molecule has 3 aromatic rings. The summed E-state index contributed by atoms with van der Waals surface area (Å²) in [5.74, 6) is 0. The van der Waals surface area contributed by atoms with Gasteiger partial charge in [-0.05, 0) is 36.5 Å². The van der Waals surface area contributed by atoms with Gasteiger partial charge >= 0.3 is 0 Å². The molecule has 3 heteroatoms. The molecule has 2 atom stereocenters. The summed E-state index contributed by atoms with van der Waals surface area (Å²) in [5, 5.41) is 5.22. The Morgan fingerprint density at radius 3 is 2.76 bits per heavy atom. The summed E-state index contributed by atoms with van der Waals surface area (Å²) in [5.41, 5.74) is 5.70. The molecule has 0 saturated carbocycles. The fourth-order valence-electron chi connectivity index (χ4n) is 4.66. The maximum Gasteiger partial charge on any atom is 0.0516 e. The largest absolute Gasteiger partial charge is 0.357 e. The molecule has 0 amide bonds. The standard InChI is InChI=1S/C22H25N3/c1-2-6-16(7-3-1)15-23-17-10-12-25-13-11-19-18-8-4-5-9-20(18)24-22(19)21(25)14-17/h1-9,17,21,23-24H,10-15H2/t17?,21-/m0/s1. The van der Waals surface area contributed by atoms with Crippen LogP contribution in [-0.4, -0.2) is 29.0 Å². The van der Waals surface area contributed by atoms with Crippen LogP contribution in [0.2, 0.25) is 0 Å². The van der Waals surface area contributed by atoms with Crippen LogP contribution in [0.1, 0.15) is 35.7 Å². The SMILES string of the molecule is c1ccc(CNC2CCN3CCc4c([nH]c5ccccc45)[C@@H]3C2)cc1. The summed E-state index contributed by atoms with van der Waals surface area (Å²) >= 11 is 0. The lowest BCUT2D eigenvalue weighted by molar-refractivity contribution is 0.113. The number of piperidine rings is 1. The second-order valence-electron chi connectivity index (χ2n) is 7.45. The monoisotopic (exact) mass is 331 g/mol. The number of hydrogen-bond acceptors (Lipinski definition) is 2. The van der Waals surface area contributed by atoms with Gasteiger partial charge in [-0.3, -0.25) is 4.90 Å². The highest BCUT2D eigenvalue weighted by molar-refractivity contribution is 5.85. The van der Waals surface area contributed by atoms with E-state index in [-0.39, 0.29) is 0 Å². The third kappa shape index (κ3) is 2.78. The molecule has 128 valence electrons. The fourth-order valence-corrected chi connectivity index (χ4v) is 4.66. The molecule has 2 aliphatic rings. The van der Waals surface area contributed by atoms with Crippen LogP contribution in [0, 0.1) is 0 Å². The zero-order chi connectivity index (χ0) is 16.6. The summed E-state index contributed by atoms with van der Waals surface area (Å²) in [6.07, 6.45) is 3.63. The van der Waals surface area contributed by atoms with Gasteiger partial charge < -0.3 is 10.3 Å². The predicted octanol–water partition coefficient (Wildman–Crippen LogP) is 4.02. The smallest absolute Gasteiger partial charge is 0.0516 e. The van der Waals surface area contributed by atoms with Crippen molar-refractivity contribution < 1.29 is 0 Å². The van der Waals surface area contributed by atoms with Crippen LogP contribution in [-0.2, 0) is 13.0 Å². The van der Waals surface area contributed by atoms with E-state index in [0.717, 1.165) is 6.54 Å². The number of nitrogens with one attached hydrogen (secondary N) is 2. The Bertz CT molecular complexity index is 867. The average Bonchev–Trinajstić information content (AvgIpc) is 3.06. The highest BCUT2D eigenvalue weighted by atomic mass is 15.2. The molecule has 3 nitrogen and oxygen atoms in total. The predicted molar refractivity (Wildman–Crippen MR) is 103 cm³/mol. The topological polar surface area (TPSA) is 31.1 Å². The van der Waals surface area contributed by atoms with Gasteiger partial charge in [0.1, 0.15) is 0 Å². The van der Waals surface area contributed by atoms with E-state index in [1.54, 1.807) is 5.56 Å². The molecule has 1 aromatic heterocycles. The molecule has 0 aliphatic carbocycles. The molecule has 0 bridgehead atoms. The van der Waals surface area contributed by atoms with Gasteiger partial charge in [0.2, 0.25) is 0 Å². The Balaban J connectivity index is 1.36. The van der Waals surface area contributed by atoms with Crippen LogP contribution in [0.15, 0.2) is 54.6 Å². The maximum absolute atomic E-state index is 3.79. The van der Waals surface area contributed by atoms with Gasteiger partial charge in [-0.15, -0.1) is 0 Å². The van der Waals surface area contributed by atoms with Crippen LogP contribution in [0.5, 0.6) is 0 Å². The van der Waals surface area contributed by atoms with Crippen molar-refractivity contribution in [2.45, 2.75) is 37.9 Å². The second kappa shape index (κ2) is 6.32. The summed E-state index contributed by atoms with van der Waals surface area (Å²) in [6.45, 7) is 3.37. The Morgan fingerprint density at radius 2 is 1.84 bits per heavy atom. The molecule has 0 spiro atoms. The Morgan fingerprint density at radius 1 is 1.00 bits per heavy atom. The number of aromatic nitrogens is 1. The third-order valence-corrected chi connectivity index (χ3v) is 5.98. The molecular weight excluding hydrogens is 306 g/mol. The van der Waals surface area contributed by atoms with Crippen molar-refractivity contribution in [3.8, 4) is 0 Å². The van der Waals surface area contributed by atoms with Crippen LogP contribution < -0.4 is 5.32 Å². The van der Waals surface area contributed by atoms with E-state index in [0.29, 0.717) is 12.1 Å². The summed E-state index contributed by atoms with van der Waals surface area (Å²) in [6, 6.07) is 20.7. The minimum Gasteiger partial charge on any atom is -0.357 e. The normalized spacial score (nSPS) is 23.4. The lowest BCUT2D eigenvalue weighted by atomic mass is 9.88. The maximum atomic E-state index is 3.79. The molecule has 25 heavy (non-hydrogen) atoms. The Labute approximate surface area is 149 Å². The molecule has 1 unspecified atom stereocenters. The van der Waals surface area contributed by atoms with Gasteiger partial charge in [0, 0.05) is 42.3 Å². The Hall–Kier alpha value is -2.10. The first-order valence-electron chi connectivity index (χ1n) is 9.49. The number of para-hydroxylation sites is 1. The van der Waals surface area contributed by atoms with Crippen molar-refractivity contribution in [3.05, 3.63) is 71.4 Å². The summed E-state index contributed by atoms with van der Waals surface area (Å²) in [7, 11) is 0. The molecule has 3 heterocycles. The van der Waals surface area contributed by atoms with E-state index in [9.17, 15) is 0 Å². The minimum atomic E-state index is 0.540. The van der Waals surface area contributed by atoms with Crippen LogP contribution >= 0.6 is 0 Å². The van der Waals surface area contributed by atoms with Crippen molar-refractivity contribution >= 4 is 10.9 Å². The number of fused-ring (bicyclic) bond motifs is 5. The van der Waals surface area contributed by atoms with Gasteiger partial charge in [0.05, 0.1) is 6.04 Å². The van der Waals surface area contributed by atoms with E-state index in [1.807, 2.05) is 0 Å². The van der Waals surface area contributed by atoms with E-state index < -0.39 is 0 Å². The lowest BCUT2D eigenvalue weighted by Crippen LogP contribution is -2.46. The van der Waals surface area contributed by atoms with Gasteiger partial charge in [0.25, 0.3) is 0 Å². The van der Waals surface area contributed by atoms with Gasteiger partial charge in [0.15, 0.2) is 0 Å². The van der Waals surface area contributed by atoms with E-state index >= 15 is 0 Å².